The van der Waals surface area contributed by atoms with Gasteiger partial charge in [0, 0.05) is 31.9 Å². The average Bonchev–Trinajstić information content (AvgIpc) is 2.13. The molecule has 0 spiro atoms. The number of likely N-dealkylation sites (N-methyl/N-ethyl adjacent to an activating group) is 1. The van der Waals surface area contributed by atoms with Gasteiger partial charge in [-0.15, -0.1) is 0 Å². The summed E-state index contributed by atoms with van der Waals surface area (Å²) < 4.78 is 21.9. The summed E-state index contributed by atoms with van der Waals surface area (Å²) in [6.45, 7) is 8.93. The maximum atomic E-state index is 11.0. The van der Waals surface area contributed by atoms with Gasteiger partial charge in [0.15, 0.2) is 0 Å². The first-order chi connectivity index (χ1) is 7.22. The largest absolute Gasteiger partial charge is 0.313 e. The van der Waals surface area contributed by atoms with E-state index >= 15 is 0 Å². The highest BCUT2D eigenvalue weighted by Crippen LogP contribution is 1.98. The van der Waals surface area contributed by atoms with Crippen molar-refractivity contribution in [2.24, 2.45) is 5.92 Å². The first kappa shape index (κ1) is 15.9. The Morgan fingerprint density at radius 3 is 2.19 bits per heavy atom. The molecule has 5 heteroatoms. The summed E-state index contributed by atoms with van der Waals surface area (Å²) in [5, 5.41) is 3.42. The van der Waals surface area contributed by atoms with Gasteiger partial charge in [0.1, 0.15) is 9.84 Å². The highest BCUT2D eigenvalue weighted by molar-refractivity contribution is 7.90. The second-order valence-electron chi connectivity index (χ2n) is 4.92. The third-order valence-corrected chi connectivity index (χ3v) is 3.73. The number of rotatable bonds is 8. The van der Waals surface area contributed by atoms with Gasteiger partial charge in [0.25, 0.3) is 0 Å². The quantitative estimate of drug-likeness (QED) is 0.685. The normalized spacial score (nSPS) is 14.7. The Morgan fingerprint density at radius 1 is 1.19 bits per heavy atom. The van der Waals surface area contributed by atoms with Gasteiger partial charge in [-0.2, -0.15) is 0 Å². The van der Waals surface area contributed by atoms with Gasteiger partial charge in [0.05, 0.1) is 5.75 Å². The van der Waals surface area contributed by atoms with Crippen LogP contribution in [0.4, 0.5) is 0 Å². The van der Waals surface area contributed by atoms with Crippen LogP contribution in [0.5, 0.6) is 0 Å². The molecule has 0 saturated carbocycles. The van der Waals surface area contributed by atoms with E-state index in [-0.39, 0.29) is 5.75 Å². The van der Waals surface area contributed by atoms with Crippen LogP contribution in [-0.4, -0.2) is 58.1 Å². The van der Waals surface area contributed by atoms with Gasteiger partial charge >= 0.3 is 0 Å². The van der Waals surface area contributed by atoms with E-state index in [0.29, 0.717) is 18.5 Å². The summed E-state index contributed by atoms with van der Waals surface area (Å²) in [5.74, 6) is 0.866. The van der Waals surface area contributed by atoms with Crippen LogP contribution in [0.15, 0.2) is 0 Å². The molecule has 1 unspecified atom stereocenters. The van der Waals surface area contributed by atoms with Gasteiger partial charge < -0.3 is 10.2 Å². The van der Waals surface area contributed by atoms with E-state index < -0.39 is 9.84 Å². The van der Waals surface area contributed by atoms with Crippen molar-refractivity contribution >= 4 is 9.84 Å². The van der Waals surface area contributed by atoms with Crippen molar-refractivity contribution in [3.63, 3.8) is 0 Å². The molecule has 98 valence electrons. The molecule has 0 aromatic heterocycles. The van der Waals surface area contributed by atoms with E-state index in [0.717, 1.165) is 13.1 Å². The second-order valence-corrected chi connectivity index (χ2v) is 7.18. The van der Waals surface area contributed by atoms with Gasteiger partial charge in [-0.05, 0) is 19.9 Å². The van der Waals surface area contributed by atoms with Crippen LogP contribution in [0.2, 0.25) is 0 Å². The second kappa shape index (κ2) is 7.25. The zero-order chi connectivity index (χ0) is 12.8. The third kappa shape index (κ3) is 9.12. The molecule has 16 heavy (non-hydrogen) atoms. The molecule has 0 amide bonds. The lowest BCUT2D eigenvalue weighted by atomic mass is 10.1. The molecule has 0 aromatic rings. The van der Waals surface area contributed by atoms with Crippen LogP contribution < -0.4 is 5.32 Å². The van der Waals surface area contributed by atoms with Gasteiger partial charge in [-0.3, -0.25) is 0 Å². The smallest absolute Gasteiger partial charge is 0.148 e. The molecule has 0 heterocycles. The lowest BCUT2D eigenvalue weighted by molar-refractivity contribution is 0.328. The highest BCUT2D eigenvalue weighted by Gasteiger charge is 2.07. The van der Waals surface area contributed by atoms with E-state index in [1.807, 2.05) is 11.9 Å². The molecule has 0 aliphatic heterocycles. The molecule has 0 aromatic carbocycles. The minimum absolute atomic E-state index is 0.239. The van der Waals surface area contributed by atoms with Crippen LogP contribution in [0.3, 0.4) is 0 Å². The first-order valence-electron chi connectivity index (χ1n) is 5.82. The molecule has 0 saturated heterocycles. The predicted molar refractivity (Wildman–Crippen MR) is 69.5 cm³/mol. The predicted octanol–water partition coefficient (Wildman–Crippen LogP) is 0.597. The maximum Gasteiger partial charge on any atom is 0.148 e. The number of hydrogen-bond donors (Lipinski definition) is 1. The fourth-order valence-electron chi connectivity index (χ4n) is 1.15. The topological polar surface area (TPSA) is 49.4 Å². The molecule has 0 radical (unpaired) electrons. The van der Waals surface area contributed by atoms with Gasteiger partial charge in [-0.1, -0.05) is 13.8 Å². The van der Waals surface area contributed by atoms with E-state index in [2.05, 4.69) is 26.1 Å². The number of nitrogens with zero attached hydrogens (tertiary/aromatic N) is 1. The lowest BCUT2D eigenvalue weighted by Gasteiger charge is -2.21. The van der Waals surface area contributed by atoms with E-state index in [1.54, 1.807) is 0 Å². The number of nitrogens with one attached hydrogen (secondary N) is 1. The molecular weight excluding hydrogens is 224 g/mol. The molecule has 0 aliphatic rings. The van der Waals surface area contributed by atoms with Crippen LogP contribution in [0.1, 0.15) is 20.8 Å². The molecule has 1 N–H and O–H groups in total. The number of sulfone groups is 1. The SMILES string of the molecule is CC(C)C(C)NCCN(C)CCS(C)(=O)=O. The summed E-state index contributed by atoms with van der Waals surface area (Å²) in [4.78, 5) is 2.04. The molecular formula is C11H26N2O2S. The summed E-state index contributed by atoms with van der Waals surface area (Å²) in [5.41, 5.74) is 0. The zero-order valence-electron chi connectivity index (χ0n) is 11.2. The van der Waals surface area contributed by atoms with E-state index in [1.165, 1.54) is 6.26 Å². The molecule has 0 bridgehead atoms. The fourth-order valence-corrected chi connectivity index (χ4v) is 1.80. The Bertz CT molecular complexity index is 276. The minimum atomic E-state index is -2.84. The molecule has 0 rings (SSSR count). The van der Waals surface area contributed by atoms with Gasteiger partial charge in [0.2, 0.25) is 0 Å². The minimum Gasteiger partial charge on any atom is -0.313 e. The standard InChI is InChI=1S/C11H26N2O2S/c1-10(2)11(3)12-6-7-13(4)8-9-16(5,14)15/h10-12H,6-9H2,1-5H3. The van der Waals surface area contributed by atoms with Crippen LogP contribution in [-0.2, 0) is 9.84 Å². The Labute approximate surface area is 100 Å². The van der Waals surface area contributed by atoms with Crippen LogP contribution in [0.25, 0.3) is 0 Å². The van der Waals surface area contributed by atoms with Crippen molar-refractivity contribution in [2.75, 3.05) is 38.7 Å². The molecule has 0 fully saturated rings. The molecule has 0 aliphatic carbocycles. The summed E-state index contributed by atoms with van der Waals surface area (Å²) >= 11 is 0. The summed E-state index contributed by atoms with van der Waals surface area (Å²) in [7, 11) is -0.885. The Kier molecular flexibility index (Phi) is 7.19. The average molecular weight is 250 g/mol. The number of hydrogen-bond acceptors (Lipinski definition) is 4. The fraction of sp³-hybridized carbons (Fsp3) is 1.00. The van der Waals surface area contributed by atoms with Crippen molar-refractivity contribution in [3.8, 4) is 0 Å². The lowest BCUT2D eigenvalue weighted by Crippen LogP contribution is -2.38. The monoisotopic (exact) mass is 250 g/mol. The van der Waals surface area contributed by atoms with E-state index in [4.69, 9.17) is 0 Å². The Balaban J connectivity index is 3.62. The van der Waals surface area contributed by atoms with Crippen molar-refractivity contribution in [3.05, 3.63) is 0 Å². The van der Waals surface area contributed by atoms with Crippen molar-refractivity contribution in [1.29, 1.82) is 0 Å². The third-order valence-electron chi connectivity index (χ3n) is 2.80. The zero-order valence-corrected chi connectivity index (χ0v) is 12.0. The maximum absolute atomic E-state index is 11.0. The van der Waals surface area contributed by atoms with Crippen LogP contribution >= 0.6 is 0 Å². The van der Waals surface area contributed by atoms with Crippen LogP contribution in [0, 0.1) is 5.92 Å². The van der Waals surface area contributed by atoms with Crippen molar-refractivity contribution < 1.29 is 8.42 Å². The molecule has 4 nitrogen and oxygen atoms in total. The first-order valence-corrected chi connectivity index (χ1v) is 7.88. The Hall–Kier alpha value is -0.130. The molecule has 1 atom stereocenters. The van der Waals surface area contributed by atoms with Crippen molar-refractivity contribution in [2.45, 2.75) is 26.8 Å². The highest BCUT2D eigenvalue weighted by atomic mass is 32.2. The van der Waals surface area contributed by atoms with E-state index in [9.17, 15) is 8.42 Å². The summed E-state index contributed by atoms with van der Waals surface area (Å²) in [6.07, 6.45) is 1.28. The summed E-state index contributed by atoms with van der Waals surface area (Å²) in [6, 6.07) is 0.503. The Morgan fingerprint density at radius 2 is 1.75 bits per heavy atom. The van der Waals surface area contributed by atoms with Crippen molar-refractivity contribution in [1.82, 2.24) is 10.2 Å². The van der Waals surface area contributed by atoms with Gasteiger partial charge in [-0.25, -0.2) is 8.42 Å².